The van der Waals surface area contributed by atoms with E-state index in [2.05, 4.69) is 15.9 Å². The van der Waals surface area contributed by atoms with Crippen LogP contribution in [0, 0.1) is 5.41 Å². The van der Waals surface area contributed by atoms with Gasteiger partial charge in [0, 0.05) is 4.47 Å². The smallest absolute Gasteiger partial charge is 0.393 e. The molecule has 21 heavy (non-hydrogen) atoms. The molecule has 0 aromatic heterocycles. The fourth-order valence-electron chi connectivity index (χ4n) is 2.72. The van der Waals surface area contributed by atoms with E-state index >= 15 is 0 Å². The molecule has 8 heteroatoms. The van der Waals surface area contributed by atoms with E-state index in [0.29, 0.717) is 0 Å². The molecule has 1 aliphatic carbocycles. The lowest BCUT2D eigenvalue weighted by molar-refractivity contribution is -0.139. The second kappa shape index (κ2) is 5.24. The minimum Gasteiger partial charge on any atom is -0.393 e. The number of aliphatic hydroxyl groups excluding tert-OH is 1. The van der Waals surface area contributed by atoms with Gasteiger partial charge in [-0.2, -0.15) is 13.2 Å². The maximum absolute atomic E-state index is 13.0. The van der Waals surface area contributed by atoms with Crippen LogP contribution in [-0.4, -0.2) is 25.4 Å². The van der Waals surface area contributed by atoms with Crippen LogP contribution in [0.3, 0.4) is 0 Å². The molecule has 1 saturated carbocycles. The van der Waals surface area contributed by atoms with E-state index in [1.54, 1.807) is 6.92 Å². The van der Waals surface area contributed by atoms with Crippen LogP contribution >= 0.6 is 15.9 Å². The molecular weight excluding hydrogens is 373 g/mol. The van der Waals surface area contributed by atoms with Crippen LogP contribution in [0.5, 0.6) is 0 Å². The fraction of sp³-hybridized carbons (Fsp3) is 0.538. The molecule has 0 saturated heterocycles. The number of hydrogen-bond donors (Lipinski definition) is 1. The van der Waals surface area contributed by atoms with Crippen molar-refractivity contribution in [2.45, 2.75) is 36.9 Å². The average molecular weight is 387 g/mol. The lowest BCUT2D eigenvalue weighted by atomic mass is 9.70. The SMILES string of the molecule is CC1(CS(=O)(=O)c2cc(Br)ccc2C(F)(F)F)CC(O)C1. The lowest BCUT2D eigenvalue weighted by Gasteiger charge is -2.42. The number of benzene rings is 1. The molecule has 1 aromatic carbocycles. The summed E-state index contributed by atoms with van der Waals surface area (Å²) >= 11 is 3.00. The van der Waals surface area contributed by atoms with Crippen LogP contribution in [0.15, 0.2) is 27.6 Å². The van der Waals surface area contributed by atoms with E-state index in [1.807, 2.05) is 0 Å². The van der Waals surface area contributed by atoms with E-state index in [1.165, 1.54) is 0 Å². The monoisotopic (exact) mass is 386 g/mol. The molecule has 1 aromatic rings. The zero-order valence-electron chi connectivity index (χ0n) is 11.1. The molecule has 0 amide bonds. The minimum atomic E-state index is -4.73. The highest BCUT2D eigenvalue weighted by atomic mass is 79.9. The van der Waals surface area contributed by atoms with Crippen LogP contribution in [-0.2, 0) is 16.0 Å². The Balaban J connectivity index is 2.42. The van der Waals surface area contributed by atoms with Crippen molar-refractivity contribution in [2.24, 2.45) is 5.41 Å². The number of hydrogen-bond acceptors (Lipinski definition) is 3. The van der Waals surface area contributed by atoms with Crippen LogP contribution in [0.2, 0.25) is 0 Å². The summed E-state index contributed by atoms with van der Waals surface area (Å²) < 4.78 is 63.9. The molecule has 118 valence electrons. The van der Waals surface area contributed by atoms with Gasteiger partial charge in [-0.05, 0) is 36.5 Å². The maximum atomic E-state index is 13.0. The number of halogens is 4. The normalized spacial score (nSPS) is 26.5. The summed E-state index contributed by atoms with van der Waals surface area (Å²) in [5.41, 5.74) is -1.84. The maximum Gasteiger partial charge on any atom is 0.417 e. The Labute approximate surface area is 129 Å². The molecule has 0 unspecified atom stereocenters. The lowest BCUT2D eigenvalue weighted by Crippen LogP contribution is -2.43. The third-order valence-electron chi connectivity index (χ3n) is 3.58. The predicted octanol–water partition coefficient (Wildman–Crippen LogP) is 3.40. The van der Waals surface area contributed by atoms with Crippen LogP contribution in [0.1, 0.15) is 25.3 Å². The summed E-state index contributed by atoms with van der Waals surface area (Å²) in [5, 5.41) is 9.30. The first-order valence-corrected chi connectivity index (χ1v) is 8.65. The number of sulfone groups is 1. The van der Waals surface area contributed by atoms with E-state index < -0.39 is 43.7 Å². The molecule has 0 radical (unpaired) electrons. The first kappa shape index (κ1) is 16.8. The van der Waals surface area contributed by atoms with E-state index in [9.17, 15) is 26.7 Å². The van der Waals surface area contributed by atoms with Crippen molar-refractivity contribution in [3.05, 3.63) is 28.2 Å². The Kier molecular flexibility index (Phi) is 4.18. The average Bonchev–Trinajstić information content (AvgIpc) is 2.24. The standard InChI is InChI=1S/C13H14BrF3O3S/c1-12(5-9(18)6-12)7-21(19,20)11-4-8(14)2-3-10(11)13(15,16)17/h2-4,9,18H,5-7H2,1H3. The second-order valence-electron chi connectivity index (χ2n) is 5.77. The topological polar surface area (TPSA) is 54.4 Å². The number of aliphatic hydroxyl groups is 1. The molecule has 0 spiro atoms. The Morgan fingerprint density at radius 1 is 1.38 bits per heavy atom. The Bertz CT molecular complexity index is 649. The van der Waals surface area contributed by atoms with Crippen molar-refractivity contribution < 1.29 is 26.7 Å². The summed E-state index contributed by atoms with van der Waals surface area (Å²) in [6.07, 6.45) is -4.75. The molecule has 0 heterocycles. The highest BCUT2D eigenvalue weighted by molar-refractivity contribution is 9.10. The molecule has 1 N–H and O–H groups in total. The summed E-state index contributed by atoms with van der Waals surface area (Å²) in [6.45, 7) is 1.66. The highest BCUT2D eigenvalue weighted by Crippen LogP contribution is 2.44. The third kappa shape index (κ3) is 3.60. The van der Waals surface area contributed by atoms with Gasteiger partial charge in [0.2, 0.25) is 0 Å². The van der Waals surface area contributed by atoms with E-state index in [4.69, 9.17) is 0 Å². The Morgan fingerprint density at radius 2 is 1.95 bits per heavy atom. The second-order valence-corrected chi connectivity index (χ2v) is 8.64. The van der Waals surface area contributed by atoms with Gasteiger partial charge in [-0.15, -0.1) is 0 Å². The summed E-state index contributed by atoms with van der Waals surface area (Å²) in [7, 11) is -4.10. The van der Waals surface area contributed by atoms with Crippen molar-refractivity contribution in [1.82, 2.24) is 0 Å². The van der Waals surface area contributed by atoms with Crippen LogP contribution in [0.4, 0.5) is 13.2 Å². The van der Waals surface area contributed by atoms with Gasteiger partial charge in [0.15, 0.2) is 9.84 Å². The Hall–Kier alpha value is -0.600. The van der Waals surface area contributed by atoms with Crippen molar-refractivity contribution in [1.29, 1.82) is 0 Å². The van der Waals surface area contributed by atoms with E-state index in [0.717, 1.165) is 18.2 Å². The number of alkyl halides is 3. The fourth-order valence-corrected chi connectivity index (χ4v) is 5.37. The largest absolute Gasteiger partial charge is 0.417 e. The number of rotatable bonds is 3. The molecule has 0 aliphatic heterocycles. The predicted molar refractivity (Wildman–Crippen MR) is 74.5 cm³/mol. The van der Waals surface area contributed by atoms with Crippen LogP contribution < -0.4 is 0 Å². The minimum absolute atomic E-state index is 0.271. The van der Waals surface area contributed by atoms with Crippen LogP contribution in [0.25, 0.3) is 0 Å². The first-order chi connectivity index (χ1) is 9.43. The van der Waals surface area contributed by atoms with Gasteiger partial charge in [-0.3, -0.25) is 0 Å². The summed E-state index contributed by atoms with van der Waals surface area (Å²) in [5.74, 6) is -0.406. The molecule has 3 nitrogen and oxygen atoms in total. The molecule has 2 rings (SSSR count). The van der Waals surface area contributed by atoms with Gasteiger partial charge in [-0.25, -0.2) is 8.42 Å². The van der Waals surface area contributed by atoms with Crippen molar-refractivity contribution in [2.75, 3.05) is 5.75 Å². The summed E-state index contributed by atoms with van der Waals surface area (Å²) in [6, 6.07) is 2.90. The van der Waals surface area contributed by atoms with Crippen molar-refractivity contribution in [3.8, 4) is 0 Å². The van der Waals surface area contributed by atoms with Gasteiger partial charge in [0.1, 0.15) is 0 Å². The van der Waals surface area contributed by atoms with Gasteiger partial charge < -0.3 is 5.11 Å². The zero-order valence-corrected chi connectivity index (χ0v) is 13.5. The molecule has 1 aliphatic rings. The van der Waals surface area contributed by atoms with Crippen molar-refractivity contribution >= 4 is 25.8 Å². The first-order valence-electron chi connectivity index (χ1n) is 6.21. The van der Waals surface area contributed by atoms with Gasteiger partial charge in [0.25, 0.3) is 0 Å². The molecule has 0 atom stereocenters. The molecule has 0 bridgehead atoms. The third-order valence-corrected chi connectivity index (χ3v) is 6.16. The zero-order chi connectivity index (χ0) is 16.1. The molecule has 1 fully saturated rings. The van der Waals surface area contributed by atoms with E-state index in [-0.39, 0.29) is 17.3 Å². The quantitative estimate of drug-likeness (QED) is 0.865. The van der Waals surface area contributed by atoms with Gasteiger partial charge in [-0.1, -0.05) is 22.9 Å². The summed E-state index contributed by atoms with van der Waals surface area (Å²) in [4.78, 5) is -0.716. The van der Waals surface area contributed by atoms with Gasteiger partial charge >= 0.3 is 6.18 Å². The molecular formula is C13H14BrF3O3S. The van der Waals surface area contributed by atoms with Gasteiger partial charge in [0.05, 0.1) is 22.3 Å². The highest BCUT2D eigenvalue weighted by Gasteiger charge is 2.45. The Morgan fingerprint density at radius 3 is 2.43 bits per heavy atom. The van der Waals surface area contributed by atoms with Crippen molar-refractivity contribution in [3.63, 3.8) is 0 Å².